The second-order valence-corrected chi connectivity index (χ2v) is 3.74. The first-order valence-corrected chi connectivity index (χ1v) is 3.98. The van der Waals surface area contributed by atoms with Gasteiger partial charge in [-0.2, -0.15) is 0 Å². The molecular formula is C8H11NO3. The van der Waals surface area contributed by atoms with Crippen LogP contribution in [0.2, 0.25) is 0 Å². The quantitative estimate of drug-likeness (QED) is 0.559. The highest BCUT2D eigenvalue weighted by atomic mass is 16.7. The van der Waals surface area contributed by atoms with Gasteiger partial charge in [0, 0.05) is 6.42 Å². The molecule has 3 atom stereocenters. The van der Waals surface area contributed by atoms with Gasteiger partial charge in [0.1, 0.15) is 17.3 Å². The zero-order valence-corrected chi connectivity index (χ0v) is 7.07. The van der Waals surface area contributed by atoms with Crippen LogP contribution in [0.15, 0.2) is 5.16 Å². The normalized spacial score (nSPS) is 45.6. The highest BCUT2D eigenvalue weighted by molar-refractivity contribution is 6.07. The minimum absolute atomic E-state index is 0.0313. The Bertz CT molecular complexity index is 269. The molecule has 2 aliphatic rings. The van der Waals surface area contributed by atoms with Gasteiger partial charge < -0.3 is 9.94 Å². The lowest BCUT2D eigenvalue weighted by Gasteiger charge is -2.20. The molecule has 1 fully saturated rings. The summed E-state index contributed by atoms with van der Waals surface area (Å²) in [7, 11) is 0. The number of aliphatic hydroxyl groups is 1. The molecule has 0 aromatic rings. The van der Waals surface area contributed by atoms with Crippen molar-refractivity contribution in [3.63, 3.8) is 0 Å². The number of hydrogen-bond acceptors (Lipinski definition) is 4. The van der Waals surface area contributed by atoms with Crippen molar-refractivity contribution in [2.45, 2.75) is 32.0 Å². The third-order valence-corrected chi connectivity index (χ3v) is 2.56. The van der Waals surface area contributed by atoms with Crippen LogP contribution in [0.4, 0.5) is 0 Å². The Labute approximate surface area is 70.2 Å². The number of Topliss-reactive ketones (excluding diaryl/α,β-unsaturated/α-hetero) is 1. The molecule has 4 heteroatoms. The van der Waals surface area contributed by atoms with Crippen molar-refractivity contribution in [2.24, 2.45) is 11.1 Å². The Morgan fingerprint density at radius 2 is 2.42 bits per heavy atom. The van der Waals surface area contributed by atoms with E-state index in [0.29, 0.717) is 5.71 Å². The maximum atomic E-state index is 11.4. The van der Waals surface area contributed by atoms with Crippen molar-refractivity contribution >= 4 is 11.5 Å². The summed E-state index contributed by atoms with van der Waals surface area (Å²) < 4.78 is 0. The van der Waals surface area contributed by atoms with Gasteiger partial charge in [-0.15, -0.1) is 0 Å². The second kappa shape index (κ2) is 2.07. The van der Waals surface area contributed by atoms with Crippen LogP contribution in [0.5, 0.6) is 0 Å². The molecular weight excluding hydrogens is 158 g/mol. The predicted molar refractivity (Wildman–Crippen MR) is 41.7 cm³/mol. The van der Waals surface area contributed by atoms with E-state index in [1.165, 1.54) is 0 Å². The van der Waals surface area contributed by atoms with Crippen molar-refractivity contribution in [1.82, 2.24) is 0 Å². The molecule has 1 aliphatic carbocycles. The van der Waals surface area contributed by atoms with Gasteiger partial charge in [-0.3, -0.25) is 4.79 Å². The summed E-state index contributed by atoms with van der Waals surface area (Å²) in [6, 6.07) is 0. The van der Waals surface area contributed by atoms with Crippen LogP contribution >= 0.6 is 0 Å². The molecule has 1 aliphatic heterocycles. The number of hydrogen-bond donors (Lipinski definition) is 1. The molecule has 12 heavy (non-hydrogen) atoms. The fourth-order valence-corrected chi connectivity index (χ4v) is 1.91. The smallest absolute Gasteiger partial charge is 0.171 e. The largest absolute Gasteiger partial charge is 0.388 e. The van der Waals surface area contributed by atoms with Crippen molar-refractivity contribution in [3.8, 4) is 0 Å². The summed E-state index contributed by atoms with van der Waals surface area (Å²) >= 11 is 0. The van der Waals surface area contributed by atoms with Crippen LogP contribution in [-0.4, -0.2) is 28.3 Å². The zero-order chi connectivity index (χ0) is 8.93. The summed E-state index contributed by atoms with van der Waals surface area (Å²) in [5.74, 6) is -0.274. The molecule has 2 rings (SSSR count). The molecule has 0 bridgehead atoms. The molecule has 0 saturated heterocycles. The van der Waals surface area contributed by atoms with Crippen molar-refractivity contribution in [2.75, 3.05) is 0 Å². The lowest BCUT2D eigenvalue weighted by atomic mass is 9.96. The van der Waals surface area contributed by atoms with Gasteiger partial charge in [-0.05, 0) is 13.8 Å². The van der Waals surface area contributed by atoms with Gasteiger partial charge in [-0.25, -0.2) is 0 Å². The molecule has 0 aromatic heterocycles. The number of ketones is 1. The van der Waals surface area contributed by atoms with Gasteiger partial charge in [-0.1, -0.05) is 5.16 Å². The van der Waals surface area contributed by atoms with Crippen LogP contribution in [0, 0.1) is 5.92 Å². The van der Waals surface area contributed by atoms with Crippen molar-refractivity contribution in [3.05, 3.63) is 0 Å². The lowest BCUT2D eigenvalue weighted by molar-refractivity contribution is -0.120. The standard InChI is InChI=1S/C8H11NO3/c1-4-6-5(10)3-8(2,11)7(6)12-9-4/h6-7,11H,3H2,1-2H3. The summed E-state index contributed by atoms with van der Waals surface area (Å²) in [6.07, 6.45) is -0.278. The van der Waals surface area contributed by atoms with E-state index in [4.69, 9.17) is 4.84 Å². The molecule has 0 amide bonds. The third-order valence-electron chi connectivity index (χ3n) is 2.56. The molecule has 4 nitrogen and oxygen atoms in total. The SMILES string of the molecule is CC1=NOC2C1C(=O)CC2(C)O. The molecule has 3 unspecified atom stereocenters. The first-order valence-electron chi connectivity index (χ1n) is 3.98. The molecule has 1 N–H and O–H groups in total. The lowest BCUT2D eigenvalue weighted by Crippen LogP contribution is -2.37. The number of fused-ring (bicyclic) bond motifs is 1. The fraction of sp³-hybridized carbons (Fsp3) is 0.750. The summed E-state index contributed by atoms with van der Waals surface area (Å²) in [4.78, 5) is 16.4. The Balaban J connectivity index is 2.34. The average Bonchev–Trinajstić information content (AvgIpc) is 2.38. The van der Waals surface area contributed by atoms with Crippen molar-refractivity contribution in [1.29, 1.82) is 0 Å². The predicted octanol–water partition coefficient (Wildman–Crippen LogP) is 0.101. The number of nitrogens with zero attached hydrogens (tertiary/aromatic N) is 1. The highest BCUT2D eigenvalue weighted by Crippen LogP contribution is 2.38. The van der Waals surface area contributed by atoms with Gasteiger partial charge in [0.25, 0.3) is 0 Å². The van der Waals surface area contributed by atoms with E-state index in [2.05, 4.69) is 5.16 Å². The van der Waals surface area contributed by atoms with E-state index in [9.17, 15) is 9.90 Å². The maximum absolute atomic E-state index is 11.4. The van der Waals surface area contributed by atoms with Gasteiger partial charge in [0.2, 0.25) is 0 Å². The average molecular weight is 169 g/mol. The van der Waals surface area contributed by atoms with Crippen LogP contribution in [0.3, 0.4) is 0 Å². The van der Waals surface area contributed by atoms with E-state index in [-0.39, 0.29) is 18.1 Å². The highest BCUT2D eigenvalue weighted by Gasteiger charge is 2.55. The summed E-state index contributed by atoms with van der Waals surface area (Å²) in [5.41, 5.74) is -0.356. The number of oxime groups is 1. The summed E-state index contributed by atoms with van der Waals surface area (Å²) in [5, 5.41) is 13.4. The van der Waals surface area contributed by atoms with Gasteiger partial charge in [0.05, 0.1) is 5.71 Å². The minimum atomic E-state index is -1.04. The summed E-state index contributed by atoms with van der Waals surface area (Å²) in [6.45, 7) is 3.37. The van der Waals surface area contributed by atoms with E-state index in [1.807, 2.05) is 0 Å². The topological polar surface area (TPSA) is 58.9 Å². The molecule has 66 valence electrons. The number of carbonyl (C=O) groups excluding carboxylic acids is 1. The van der Waals surface area contributed by atoms with E-state index < -0.39 is 11.7 Å². The molecule has 0 aromatic carbocycles. The molecule has 1 saturated carbocycles. The Morgan fingerprint density at radius 1 is 1.75 bits per heavy atom. The van der Waals surface area contributed by atoms with Crippen LogP contribution in [0.25, 0.3) is 0 Å². The van der Waals surface area contributed by atoms with Crippen LogP contribution in [0.1, 0.15) is 20.3 Å². The molecule has 1 heterocycles. The number of rotatable bonds is 0. The first kappa shape index (κ1) is 7.73. The van der Waals surface area contributed by atoms with Crippen LogP contribution < -0.4 is 0 Å². The Kier molecular flexibility index (Phi) is 1.33. The minimum Gasteiger partial charge on any atom is -0.388 e. The van der Waals surface area contributed by atoms with Crippen LogP contribution in [-0.2, 0) is 9.63 Å². The molecule has 0 radical (unpaired) electrons. The fourth-order valence-electron chi connectivity index (χ4n) is 1.91. The van der Waals surface area contributed by atoms with Gasteiger partial charge >= 0.3 is 0 Å². The maximum Gasteiger partial charge on any atom is 0.171 e. The second-order valence-electron chi connectivity index (χ2n) is 3.74. The van der Waals surface area contributed by atoms with Crippen molar-refractivity contribution < 1.29 is 14.7 Å². The van der Waals surface area contributed by atoms with E-state index in [0.717, 1.165) is 0 Å². The zero-order valence-electron chi connectivity index (χ0n) is 7.07. The van der Waals surface area contributed by atoms with E-state index in [1.54, 1.807) is 13.8 Å². The first-order chi connectivity index (χ1) is 5.52. The number of carbonyl (C=O) groups is 1. The Hall–Kier alpha value is -0.900. The van der Waals surface area contributed by atoms with Gasteiger partial charge in [0.15, 0.2) is 6.10 Å². The Morgan fingerprint density at radius 3 is 3.00 bits per heavy atom. The monoisotopic (exact) mass is 169 g/mol. The third kappa shape index (κ3) is 0.813. The molecule has 0 spiro atoms. The van der Waals surface area contributed by atoms with E-state index >= 15 is 0 Å².